The second kappa shape index (κ2) is 8.61. The third-order valence-electron chi connectivity index (χ3n) is 3.11. The number of nitrogens with one attached hydrogen (secondary N) is 1. The van der Waals surface area contributed by atoms with Gasteiger partial charge >= 0.3 is 6.03 Å². The van der Waals surface area contributed by atoms with Gasteiger partial charge in [0.05, 0.1) is 31.3 Å². The van der Waals surface area contributed by atoms with Crippen molar-refractivity contribution < 1.29 is 19.4 Å². The number of nitrogens with zero attached hydrogens (tertiary/aromatic N) is 1. The summed E-state index contributed by atoms with van der Waals surface area (Å²) >= 11 is 1.65. The van der Waals surface area contributed by atoms with Gasteiger partial charge in [0, 0.05) is 17.6 Å². The minimum atomic E-state index is -0.939. The molecule has 2 rings (SSSR count). The quantitative estimate of drug-likeness (QED) is 0.676. The number of hydrogen-bond acceptors (Lipinski definition) is 5. The predicted octanol–water partition coefficient (Wildman–Crippen LogP) is 2.39. The van der Waals surface area contributed by atoms with Crippen LogP contribution in [0.2, 0.25) is 0 Å². The Morgan fingerprint density at radius 3 is 2.70 bits per heavy atom. The van der Waals surface area contributed by atoms with Crippen LogP contribution in [0, 0.1) is 0 Å². The van der Waals surface area contributed by atoms with Gasteiger partial charge in [0.1, 0.15) is 5.76 Å². The fourth-order valence-electron chi connectivity index (χ4n) is 1.86. The first-order chi connectivity index (χ1) is 11.1. The maximum Gasteiger partial charge on any atom is 0.321 e. The first kappa shape index (κ1) is 17.4. The summed E-state index contributed by atoms with van der Waals surface area (Å²) in [5, 5.41) is 20.9. The number of anilines is 1. The number of furan rings is 1. The molecule has 0 aliphatic heterocycles. The largest absolute Gasteiger partial charge is 0.468 e. The van der Waals surface area contributed by atoms with E-state index in [1.54, 1.807) is 25.1 Å². The third-order valence-corrected chi connectivity index (χ3v) is 4.14. The fourth-order valence-corrected chi connectivity index (χ4v) is 2.66. The van der Waals surface area contributed by atoms with Crippen LogP contribution < -0.4 is 5.32 Å². The first-order valence-corrected chi connectivity index (χ1v) is 8.13. The molecule has 1 aromatic carbocycles. The van der Waals surface area contributed by atoms with E-state index in [2.05, 4.69) is 5.32 Å². The summed E-state index contributed by atoms with van der Waals surface area (Å²) in [5.74, 6) is 1.66. The van der Waals surface area contributed by atoms with Crippen LogP contribution in [0.1, 0.15) is 5.76 Å². The number of carbonyl (C=O) groups excluding carboxylic acids is 1. The minimum absolute atomic E-state index is 0.0689. The van der Waals surface area contributed by atoms with Gasteiger partial charge in [0.15, 0.2) is 0 Å². The Morgan fingerprint density at radius 1 is 1.35 bits per heavy atom. The zero-order chi connectivity index (χ0) is 16.7. The van der Waals surface area contributed by atoms with E-state index in [1.165, 1.54) is 4.90 Å². The van der Waals surface area contributed by atoms with Gasteiger partial charge in [-0.1, -0.05) is 0 Å². The van der Waals surface area contributed by atoms with E-state index in [4.69, 9.17) is 9.52 Å². The summed E-state index contributed by atoms with van der Waals surface area (Å²) in [6.45, 7) is -0.307. The molecule has 0 saturated carbocycles. The number of likely N-dealkylation sites (N-methyl/N-ethyl adjacent to an activating group) is 1. The number of rotatable bonds is 7. The van der Waals surface area contributed by atoms with Gasteiger partial charge in [-0.25, -0.2) is 4.79 Å². The minimum Gasteiger partial charge on any atom is -0.468 e. The van der Waals surface area contributed by atoms with Crippen molar-refractivity contribution >= 4 is 23.5 Å². The van der Waals surface area contributed by atoms with Crippen molar-refractivity contribution in [2.75, 3.05) is 25.5 Å². The molecule has 0 aliphatic rings. The molecule has 0 saturated heterocycles. The molecule has 0 spiro atoms. The SMILES string of the molecule is CN(C[C@H](O)CO)C(=O)Nc1ccc(SCc2ccco2)cc1. The molecule has 124 valence electrons. The Hall–Kier alpha value is -1.96. The number of aliphatic hydroxyl groups excluding tert-OH is 2. The van der Waals surface area contributed by atoms with Gasteiger partial charge in [-0.3, -0.25) is 0 Å². The Kier molecular flexibility index (Phi) is 6.52. The molecule has 1 atom stereocenters. The molecule has 6 nitrogen and oxygen atoms in total. The monoisotopic (exact) mass is 336 g/mol. The Balaban J connectivity index is 1.83. The molecular formula is C16H20N2O4S. The topological polar surface area (TPSA) is 85.9 Å². The van der Waals surface area contributed by atoms with Crippen LogP contribution in [0.15, 0.2) is 52.0 Å². The van der Waals surface area contributed by atoms with Gasteiger partial charge in [0.2, 0.25) is 0 Å². The maximum absolute atomic E-state index is 11.9. The molecule has 3 N–H and O–H groups in total. The Morgan fingerprint density at radius 2 is 2.09 bits per heavy atom. The van der Waals surface area contributed by atoms with Crippen molar-refractivity contribution in [3.05, 3.63) is 48.4 Å². The van der Waals surface area contributed by atoms with Crippen LogP contribution in [0.4, 0.5) is 10.5 Å². The van der Waals surface area contributed by atoms with E-state index in [0.29, 0.717) is 5.69 Å². The number of benzene rings is 1. The molecule has 1 heterocycles. The number of amides is 2. The van der Waals surface area contributed by atoms with Crippen molar-refractivity contribution in [1.82, 2.24) is 4.90 Å². The zero-order valence-corrected chi connectivity index (χ0v) is 13.6. The molecule has 2 amide bonds. The zero-order valence-electron chi connectivity index (χ0n) is 12.8. The van der Waals surface area contributed by atoms with E-state index < -0.39 is 6.10 Å². The van der Waals surface area contributed by atoms with Gasteiger partial charge in [-0.05, 0) is 36.4 Å². The highest BCUT2D eigenvalue weighted by Crippen LogP contribution is 2.24. The lowest BCUT2D eigenvalue weighted by molar-refractivity contribution is 0.0750. The summed E-state index contributed by atoms with van der Waals surface area (Å²) in [6.07, 6.45) is 0.713. The van der Waals surface area contributed by atoms with Crippen molar-refractivity contribution in [3.8, 4) is 0 Å². The second-order valence-corrected chi connectivity index (χ2v) is 6.09. The maximum atomic E-state index is 11.9. The predicted molar refractivity (Wildman–Crippen MR) is 89.5 cm³/mol. The van der Waals surface area contributed by atoms with Gasteiger partial charge in [0.25, 0.3) is 0 Å². The normalized spacial score (nSPS) is 12.0. The molecular weight excluding hydrogens is 316 g/mol. The number of carbonyl (C=O) groups is 1. The van der Waals surface area contributed by atoms with Crippen LogP contribution in [-0.2, 0) is 5.75 Å². The summed E-state index contributed by atoms with van der Waals surface area (Å²) < 4.78 is 5.28. The van der Waals surface area contributed by atoms with E-state index in [0.717, 1.165) is 16.4 Å². The van der Waals surface area contributed by atoms with Crippen LogP contribution in [0.25, 0.3) is 0 Å². The molecule has 0 radical (unpaired) electrons. The summed E-state index contributed by atoms with van der Waals surface area (Å²) in [6, 6.07) is 10.9. The van der Waals surface area contributed by atoms with E-state index in [9.17, 15) is 9.90 Å². The molecule has 0 fully saturated rings. The number of urea groups is 1. The first-order valence-electron chi connectivity index (χ1n) is 7.14. The lowest BCUT2D eigenvalue weighted by Gasteiger charge is -2.20. The molecule has 2 aromatic rings. The highest BCUT2D eigenvalue weighted by atomic mass is 32.2. The third kappa shape index (κ3) is 5.63. The van der Waals surface area contributed by atoms with Gasteiger partial charge < -0.3 is 24.8 Å². The van der Waals surface area contributed by atoms with Gasteiger partial charge in [-0.2, -0.15) is 0 Å². The lowest BCUT2D eigenvalue weighted by Crippen LogP contribution is -2.38. The molecule has 0 unspecified atom stereocenters. The summed E-state index contributed by atoms with van der Waals surface area (Å²) in [7, 11) is 1.56. The number of hydrogen-bond donors (Lipinski definition) is 3. The smallest absolute Gasteiger partial charge is 0.321 e. The van der Waals surface area contributed by atoms with Crippen molar-refractivity contribution in [3.63, 3.8) is 0 Å². The summed E-state index contributed by atoms with van der Waals surface area (Å²) in [5.41, 5.74) is 0.669. The van der Waals surface area contributed by atoms with Crippen LogP contribution >= 0.6 is 11.8 Å². The van der Waals surface area contributed by atoms with Gasteiger partial charge in [-0.15, -0.1) is 11.8 Å². The standard InChI is InChI=1S/C16H20N2O4S/c1-18(9-13(20)10-19)16(21)17-12-4-6-15(7-5-12)23-11-14-3-2-8-22-14/h2-8,13,19-20H,9-11H2,1H3,(H,17,21)/t13-/m0/s1. The molecule has 0 aliphatic carbocycles. The highest BCUT2D eigenvalue weighted by Gasteiger charge is 2.13. The Bertz CT molecular complexity index is 601. The lowest BCUT2D eigenvalue weighted by atomic mass is 10.3. The van der Waals surface area contributed by atoms with Crippen molar-refractivity contribution in [1.29, 1.82) is 0 Å². The molecule has 23 heavy (non-hydrogen) atoms. The van der Waals surface area contributed by atoms with Crippen LogP contribution in [-0.4, -0.2) is 47.4 Å². The highest BCUT2D eigenvalue weighted by molar-refractivity contribution is 7.98. The van der Waals surface area contributed by atoms with Crippen LogP contribution in [0.3, 0.4) is 0 Å². The molecule has 0 bridgehead atoms. The Labute approximate surface area is 139 Å². The van der Waals surface area contributed by atoms with Crippen molar-refractivity contribution in [2.45, 2.75) is 16.8 Å². The fraction of sp³-hybridized carbons (Fsp3) is 0.312. The molecule has 1 aromatic heterocycles. The number of thioether (sulfide) groups is 1. The van der Waals surface area contributed by atoms with Crippen LogP contribution in [0.5, 0.6) is 0 Å². The second-order valence-electron chi connectivity index (χ2n) is 5.04. The average molecular weight is 336 g/mol. The summed E-state index contributed by atoms with van der Waals surface area (Å²) in [4.78, 5) is 14.3. The van der Waals surface area contributed by atoms with E-state index >= 15 is 0 Å². The van der Waals surface area contributed by atoms with E-state index in [-0.39, 0.29) is 19.2 Å². The van der Waals surface area contributed by atoms with E-state index in [1.807, 2.05) is 36.4 Å². The average Bonchev–Trinajstić information content (AvgIpc) is 3.07. The molecule has 7 heteroatoms. The number of aliphatic hydroxyl groups is 2. The van der Waals surface area contributed by atoms with Crippen molar-refractivity contribution in [2.24, 2.45) is 0 Å².